The molecule has 1 heterocycles. The summed E-state index contributed by atoms with van der Waals surface area (Å²) in [4.78, 5) is 14.7. The van der Waals surface area contributed by atoms with E-state index in [0.29, 0.717) is 6.54 Å². The molecule has 3 N–H and O–H groups in total. The third-order valence-electron chi connectivity index (χ3n) is 2.38. The van der Waals surface area contributed by atoms with Gasteiger partial charge in [0, 0.05) is 11.4 Å². The highest BCUT2D eigenvalue weighted by atomic mass is 35.5. The Bertz CT molecular complexity index is 331. The zero-order valence-corrected chi connectivity index (χ0v) is 13.2. The Morgan fingerprint density at radius 2 is 2.11 bits per heavy atom. The molecule has 0 aliphatic heterocycles. The first kappa shape index (κ1) is 20.0. The lowest BCUT2D eigenvalue weighted by Crippen LogP contribution is -2.42. The Kier molecular flexibility index (Phi) is 10.6. The summed E-state index contributed by atoms with van der Waals surface area (Å²) in [5, 5.41) is 4.89. The second kappa shape index (κ2) is 9.58. The average molecular weight is 314 g/mol. The molecule has 0 aliphatic carbocycles. The van der Waals surface area contributed by atoms with E-state index in [1.165, 1.54) is 4.88 Å². The largest absolute Gasteiger partial charge is 0.353 e. The summed E-state index contributed by atoms with van der Waals surface area (Å²) in [6.45, 7) is 2.28. The van der Waals surface area contributed by atoms with Crippen molar-refractivity contribution in [1.82, 2.24) is 10.2 Å². The minimum atomic E-state index is -0.453. The van der Waals surface area contributed by atoms with Crippen molar-refractivity contribution < 1.29 is 4.79 Å². The predicted molar refractivity (Wildman–Crippen MR) is 81.9 cm³/mol. The molecular weight excluding hydrogens is 293 g/mol. The van der Waals surface area contributed by atoms with Crippen molar-refractivity contribution >= 4 is 42.1 Å². The highest BCUT2D eigenvalue weighted by Crippen LogP contribution is 2.22. The van der Waals surface area contributed by atoms with Crippen LogP contribution in [0.25, 0.3) is 0 Å². The SMILES string of the molecule is C[C@@H](N)C(=O)NCC(c1cccs1)N(C)C.Cl.Cl. The highest BCUT2D eigenvalue weighted by Gasteiger charge is 2.16. The molecule has 0 spiro atoms. The van der Waals surface area contributed by atoms with Crippen molar-refractivity contribution in [2.75, 3.05) is 20.6 Å². The third kappa shape index (κ3) is 6.02. The minimum absolute atomic E-state index is 0. The number of carbonyl (C=O) groups excluding carboxylic acids is 1. The topological polar surface area (TPSA) is 58.4 Å². The summed E-state index contributed by atoms with van der Waals surface area (Å²) in [6.07, 6.45) is 0. The fourth-order valence-electron chi connectivity index (χ4n) is 1.38. The lowest BCUT2D eigenvalue weighted by molar-refractivity contribution is -0.122. The monoisotopic (exact) mass is 313 g/mol. The Morgan fingerprint density at radius 1 is 1.50 bits per heavy atom. The van der Waals surface area contributed by atoms with E-state index in [9.17, 15) is 4.79 Å². The molecule has 18 heavy (non-hydrogen) atoms. The van der Waals surface area contributed by atoms with Crippen molar-refractivity contribution in [2.45, 2.75) is 19.0 Å². The molecule has 1 aromatic rings. The van der Waals surface area contributed by atoms with Crippen LogP contribution in [-0.2, 0) is 4.79 Å². The zero-order valence-electron chi connectivity index (χ0n) is 10.8. The van der Waals surface area contributed by atoms with Crippen molar-refractivity contribution in [1.29, 1.82) is 0 Å². The minimum Gasteiger partial charge on any atom is -0.353 e. The number of carbonyl (C=O) groups is 1. The van der Waals surface area contributed by atoms with Gasteiger partial charge in [0.15, 0.2) is 0 Å². The van der Waals surface area contributed by atoms with Gasteiger partial charge in [0.2, 0.25) is 5.91 Å². The first-order chi connectivity index (χ1) is 7.52. The standard InChI is InChI=1S/C11H19N3OS.2ClH/c1-8(12)11(15)13-7-9(14(2)3)10-5-4-6-16-10;;/h4-6,8-9H,7,12H2,1-3H3,(H,13,15);2*1H/t8-,9?;;/m1../s1. The Labute approximate surface area is 125 Å². The van der Waals surface area contributed by atoms with Gasteiger partial charge in [-0.2, -0.15) is 0 Å². The van der Waals surface area contributed by atoms with Gasteiger partial charge in [-0.25, -0.2) is 0 Å². The Balaban J connectivity index is 0. The molecule has 7 heteroatoms. The lowest BCUT2D eigenvalue weighted by Gasteiger charge is -2.23. The molecule has 0 bridgehead atoms. The van der Waals surface area contributed by atoms with Crippen LogP contribution in [0.5, 0.6) is 0 Å². The summed E-state index contributed by atoms with van der Waals surface area (Å²) in [6, 6.07) is 3.85. The van der Waals surface area contributed by atoms with E-state index >= 15 is 0 Å². The number of amides is 1. The molecule has 0 radical (unpaired) electrons. The molecule has 1 unspecified atom stereocenters. The van der Waals surface area contributed by atoms with Gasteiger partial charge < -0.3 is 16.0 Å². The van der Waals surface area contributed by atoms with E-state index in [0.717, 1.165) is 0 Å². The van der Waals surface area contributed by atoms with Crippen LogP contribution >= 0.6 is 36.2 Å². The fourth-order valence-corrected chi connectivity index (χ4v) is 2.30. The molecule has 0 aromatic carbocycles. The Morgan fingerprint density at radius 3 is 2.50 bits per heavy atom. The number of halogens is 2. The Hall–Kier alpha value is -0.330. The first-order valence-electron chi connectivity index (χ1n) is 5.25. The van der Waals surface area contributed by atoms with Crippen LogP contribution in [0.1, 0.15) is 17.8 Å². The molecule has 2 atom stereocenters. The molecule has 0 aliphatic rings. The molecule has 0 saturated carbocycles. The van der Waals surface area contributed by atoms with E-state index < -0.39 is 6.04 Å². The lowest BCUT2D eigenvalue weighted by atomic mass is 10.2. The number of nitrogens with one attached hydrogen (secondary N) is 1. The van der Waals surface area contributed by atoms with Gasteiger partial charge >= 0.3 is 0 Å². The van der Waals surface area contributed by atoms with Crippen LogP contribution in [0.4, 0.5) is 0 Å². The van der Waals surface area contributed by atoms with Gasteiger partial charge in [0.1, 0.15) is 0 Å². The van der Waals surface area contributed by atoms with Crippen LogP contribution in [0.3, 0.4) is 0 Å². The van der Waals surface area contributed by atoms with Gasteiger partial charge in [-0.1, -0.05) is 6.07 Å². The smallest absolute Gasteiger partial charge is 0.236 e. The van der Waals surface area contributed by atoms with Crippen molar-refractivity contribution in [3.05, 3.63) is 22.4 Å². The number of nitrogens with two attached hydrogens (primary N) is 1. The van der Waals surface area contributed by atoms with Crippen LogP contribution in [0, 0.1) is 0 Å². The fraction of sp³-hybridized carbons (Fsp3) is 0.545. The second-order valence-corrected chi connectivity index (χ2v) is 5.01. The maximum atomic E-state index is 11.4. The molecule has 1 rings (SSSR count). The maximum absolute atomic E-state index is 11.4. The molecule has 4 nitrogen and oxygen atoms in total. The number of thiophene rings is 1. The number of hydrogen-bond donors (Lipinski definition) is 2. The maximum Gasteiger partial charge on any atom is 0.236 e. The highest BCUT2D eigenvalue weighted by molar-refractivity contribution is 7.10. The number of hydrogen-bond acceptors (Lipinski definition) is 4. The number of likely N-dealkylation sites (N-methyl/N-ethyl adjacent to an activating group) is 1. The van der Waals surface area contributed by atoms with Crippen LogP contribution < -0.4 is 11.1 Å². The van der Waals surface area contributed by atoms with Crippen LogP contribution in [-0.4, -0.2) is 37.5 Å². The van der Waals surface area contributed by atoms with Gasteiger partial charge in [-0.15, -0.1) is 36.2 Å². The molecule has 1 amide bonds. The van der Waals surface area contributed by atoms with Crippen molar-refractivity contribution in [2.24, 2.45) is 5.73 Å². The molecule has 0 fully saturated rings. The van der Waals surface area contributed by atoms with Crippen LogP contribution in [0.2, 0.25) is 0 Å². The summed E-state index contributed by atoms with van der Waals surface area (Å²) < 4.78 is 0. The predicted octanol–water partition coefficient (Wildman–Crippen LogP) is 1.66. The quantitative estimate of drug-likeness (QED) is 0.869. The van der Waals surface area contributed by atoms with Gasteiger partial charge in [0.25, 0.3) is 0 Å². The molecule has 0 saturated heterocycles. The van der Waals surface area contributed by atoms with Gasteiger partial charge in [0.05, 0.1) is 12.1 Å². The average Bonchev–Trinajstić information content (AvgIpc) is 2.70. The van der Waals surface area contributed by atoms with E-state index in [1.54, 1.807) is 18.3 Å². The summed E-state index contributed by atoms with van der Waals surface area (Å²) in [5.74, 6) is -0.108. The summed E-state index contributed by atoms with van der Waals surface area (Å²) in [7, 11) is 4.00. The molecule has 106 valence electrons. The zero-order chi connectivity index (χ0) is 12.1. The molecule has 1 aromatic heterocycles. The van der Waals surface area contributed by atoms with Gasteiger partial charge in [-0.05, 0) is 32.5 Å². The molecular formula is C11H21Cl2N3OS. The van der Waals surface area contributed by atoms with Crippen molar-refractivity contribution in [3.63, 3.8) is 0 Å². The van der Waals surface area contributed by atoms with E-state index in [1.807, 2.05) is 25.5 Å². The van der Waals surface area contributed by atoms with E-state index in [2.05, 4.69) is 16.3 Å². The van der Waals surface area contributed by atoms with E-state index in [4.69, 9.17) is 5.73 Å². The van der Waals surface area contributed by atoms with E-state index in [-0.39, 0.29) is 36.8 Å². The van der Waals surface area contributed by atoms with Gasteiger partial charge in [-0.3, -0.25) is 4.79 Å². The third-order valence-corrected chi connectivity index (χ3v) is 3.35. The number of rotatable bonds is 5. The second-order valence-electron chi connectivity index (χ2n) is 4.03. The normalized spacial score (nSPS) is 13.2. The van der Waals surface area contributed by atoms with Crippen molar-refractivity contribution in [3.8, 4) is 0 Å². The summed E-state index contributed by atoms with van der Waals surface area (Å²) in [5.41, 5.74) is 5.49. The van der Waals surface area contributed by atoms with Crippen LogP contribution in [0.15, 0.2) is 17.5 Å². The first-order valence-corrected chi connectivity index (χ1v) is 6.13. The number of nitrogens with zero attached hydrogens (tertiary/aromatic N) is 1. The summed E-state index contributed by atoms with van der Waals surface area (Å²) >= 11 is 1.70.